The highest BCUT2D eigenvalue weighted by Gasteiger charge is 2.16. The maximum Gasteiger partial charge on any atom is 0.160 e. The molecule has 0 spiro atoms. The Hall–Kier alpha value is -3.00. The first kappa shape index (κ1) is 15.3. The summed E-state index contributed by atoms with van der Waals surface area (Å²) in [6, 6.07) is 10.2. The number of nitrogens with one attached hydrogen (secondary N) is 1. The molecule has 0 bridgehead atoms. The summed E-state index contributed by atoms with van der Waals surface area (Å²) in [5, 5.41) is 16.6. The van der Waals surface area contributed by atoms with Crippen molar-refractivity contribution in [3.05, 3.63) is 48.4 Å². The Balaban J connectivity index is 1.31. The Morgan fingerprint density at radius 3 is 3.08 bits per heavy atom. The summed E-state index contributed by atoms with van der Waals surface area (Å²) in [6.45, 7) is 4.43. The first-order valence-corrected chi connectivity index (χ1v) is 8.96. The third-order valence-corrected chi connectivity index (χ3v) is 4.80. The summed E-state index contributed by atoms with van der Waals surface area (Å²) in [6.07, 6.45) is 4.81. The van der Waals surface area contributed by atoms with Crippen LogP contribution in [0.2, 0.25) is 0 Å². The molecule has 0 saturated carbocycles. The van der Waals surface area contributed by atoms with Crippen molar-refractivity contribution in [3.8, 4) is 11.5 Å². The van der Waals surface area contributed by atoms with E-state index >= 15 is 0 Å². The predicted molar refractivity (Wildman–Crippen MR) is 97.3 cm³/mol. The van der Waals surface area contributed by atoms with Crippen LogP contribution in [0.3, 0.4) is 0 Å². The van der Waals surface area contributed by atoms with E-state index in [9.17, 15) is 0 Å². The average Bonchev–Trinajstić information content (AvgIpc) is 3.39. The fourth-order valence-corrected chi connectivity index (χ4v) is 3.50. The number of hydrogen-bond acceptors (Lipinski definition) is 5. The van der Waals surface area contributed by atoms with Gasteiger partial charge < -0.3 is 9.88 Å². The molecule has 0 unspecified atom stereocenters. The maximum absolute atomic E-state index is 4.72. The van der Waals surface area contributed by atoms with Crippen molar-refractivity contribution in [2.24, 2.45) is 0 Å². The van der Waals surface area contributed by atoms with Crippen LogP contribution in [0.25, 0.3) is 22.6 Å². The molecule has 0 saturated heterocycles. The van der Waals surface area contributed by atoms with Gasteiger partial charge in [0, 0.05) is 38.6 Å². The molecule has 0 aliphatic carbocycles. The lowest BCUT2D eigenvalue weighted by Gasteiger charge is -2.13. The fraction of sp³-hybridized carbons (Fsp3) is 0.333. The highest BCUT2D eigenvalue weighted by atomic mass is 15.4. The molecule has 4 heterocycles. The molecule has 8 nitrogen and oxygen atoms in total. The van der Waals surface area contributed by atoms with E-state index in [1.165, 1.54) is 5.69 Å². The second-order valence-corrected chi connectivity index (χ2v) is 6.52. The molecule has 1 aliphatic heterocycles. The monoisotopic (exact) mass is 348 g/mol. The van der Waals surface area contributed by atoms with Gasteiger partial charge in [0.1, 0.15) is 11.2 Å². The number of para-hydroxylation sites is 1. The highest BCUT2D eigenvalue weighted by Crippen LogP contribution is 2.19. The molecule has 1 N–H and O–H groups in total. The van der Waals surface area contributed by atoms with Crippen molar-refractivity contribution in [2.75, 3.05) is 6.54 Å². The third-order valence-electron chi connectivity index (χ3n) is 4.80. The fourth-order valence-electron chi connectivity index (χ4n) is 3.50. The Kier molecular flexibility index (Phi) is 3.75. The number of hydrogen-bond donors (Lipinski definition) is 1. The molecule has 0 fully saturated rings. The summed E-state index contributed by atoms with van der Waals surface area (Å²) in [7, 11) is 0. The second-order valence-electron chi connectivity index (χ2n) is 6.52. The molecular formula is C18H20N8. The molecule has 4 aromatic rings. The minimum atomic E-state index is 0.821. The van der Waals surface area contributed by atoms with E-state index in [1.54, 1.807) is 0 Å². The van der Waals surface area contributed by atoms with Crippen LogP contribution in [-0.4, -0.2) is 40.9 Å². The lowest BCUT2D eigenvalue weighted by atomic mass is 10.3. The van der Waals surface area contributed by atoms with Crippen LogP contribution in [0, 0.1) is 0 Å². The molecule has 0 radical (unpaired) electrons. The van der Waals surface area contributed by atoms with Gasteiger partial charge in [-0.05, 0) is 24.6 Å². The van der Waals surface area contributed by atoms with Gasteiger partial charge in [0.15, 0.2) is 5.82 Å². The lowest BCUT2D eigenvalue weighted by Crippen LogP contribution is -2.28. The van der Waals surface area contributed by atoms with Gasteiger partial charge in [-0.15, -0.1) is 5.10 Å². The van der Waals surface area contributed by atoms with Crippen molar-refractivity contribution < 1.29 is 0 Å². The van der Waals surface area contributed by atoms with Gasteiger partial charge in [-0.2, -0.15) is 5.10 Å². The van der Waals surface area contributed by atoms with Gasteiger partial charge in [-0.1, -0.05) is 17.3 Å². The van der Waals surface area contributed by atoms with Crippen molar-refractivity contribution in [1.82, 2.24) is 39.6 Å². The van der Waals surface area contributed by atoms with Crippen LogP contribution in [-0.2, 0) is 26.2 Å². The molecule has 3 aromatic heterocycles. The average molecular weight is 348 g/mol. The van der Waals surface area contributed by atoms with Crippen LogP contribution in [0.15, 0.2) is 42.7 Å². The van der Waals surface area contributed by atoms with Crippen LogP contribution in [0.5, 0.6) is 0 Å². The van der Waals surface area contributed by atoms with Gasteiger partial charge in [0.25, 0.3) is 0 Å². The number of aromatic nitrogens is 7. The quantitative estimate of drug-likeness (QED) is 0.594. The first-order valence-electron chi connectivity index (χ1n) is 8.96. The van der Waals surface area contributed by atoms with Gasteiger partial charge in [-0.3, -0.25) is 4.68 Å². The molecule has 1 aromatic carbocycles. The zero-order valence-electron chi connectivity index (χ0n) is 14.4. The molecule has 1 aliphatic rings. The van der Waals surface area contributed by atoms with Crippen molar-refractivity contribution in [3.63, 3.8) is 0 Å². The zero-order chi connectivity index (χ0) is 17.3. The lowest BCUT2D eigenvalue weighted by molar-refractivity contribution is 0.476. The van der Waals surface area contributed by atoms with Crippen LogP contribution in [0.1, 0.15) is 12.1 Å². The molecule has 8 heteroatoms. The molecule has 132 valence electrons. The van der Waals surface area contributed by atoms with Crippen molar-refractivity contribution in [2.45, 2.75) is 32.6 Å². The topological polar surface area (TPSA) is 78.4 Å². The zero-order valence-corrected chi connectivity index (χ0v) is 14.4. The minimum Gasteiger partial charge on any atom is -0.330 e. The SMILES string of the molecule is c1ccc2c(c1)nnn2CCCn1ccnc1-c1cc2n(n1)CCNC2. The normalized spacial score (nSPS) is 14.0. The Morgan fingerprint density at radius 2 is 2.12 bits per heavy atom. The number of aryl methyl sites for hydroxylation is 2. The number of nitrogens with zero attached hydrogens (tertiary/aromatic N) is 7. The van der Waals surface area contributed by atoms with Gasteiger partial charge in [0.05, 0.1) is 17.8 Å². The summed E-state index contributed by atoms with van der Waals surface area (Å²) in [5.41, 5.74) is 4.18. The Bertz CT molecular complexity index is 1020. The van der Waals surface area contributed by atoms with E-state index in [0.717, 1.165) is 61.7 Å². The van der Waals surface area contributed by atoms with Crippen LogP contribution in [0.4, 0.5) is 0 Å². The summed E-state index contributed by atoms with van der Waals surface area (Å²) in [5.74, 6) is 0.926. The Morgan fingerprint density at radius 1 is 1.15 bits per heavy atom. The summed E-state index contributed by atoms with van der Waals surface area (Å²) in [4.78, 5) is 4.53. The summed E-state index contributed by atoms with van der Waals surface area (Å²) >= 11 is 0. The largest absolute Gasteiger partial charge is 0.330 e. The molecule has 0 amide bonds. The van der Waals surface area contributed by atoms with E-state index in [1.807, 2.05) is 35.3 Å². The van der Waals surface area contributed by atoms with Crippen LogP contribution >= 0.6 is 0 Å². The van der Waals surface area contributed by atoms with E-state index < -0.39 is 0 Å². The smallest absolute Gasteiger partial charge is 0.160 e. The molecule has 26 heavy (non-hydrogen) atoms. The third kappa shape index (κ3) is 2.68. The van der Waals surface area contributed by atoms with Gasteiger partial charge in [-0.25, -0.2) is 9.67 Å². The van der Waals surface area contributed by atoms with Gasteiger partial charge in [0.2, 0.25) is 0 Å². The number of benzene rings is 1. The first-order chi connectivity index (χ1) is 12.9. The van der Waals surface area contributed by atoms with Crippen molar-refractivity contribution in [1.29, 1.82) is 0 Å². The summed E-state index contributed by atoms with van der Waals surface area (Å²) < 4.78 is 6.21. The number of imidazole rings is 1. The van der Waals surface area contributed by atoms with Crippen molar-refractivity contribution >= 4 is 11.0 Å². The predicted octanol–water partition coefficient (Wildman–Crippen LogP) is 1.68. The molecule has 0 atom stereocenters. The minimum absolute atomic E-state index is 0.821. The van der Waals surface area contributed by atoms with E-state index in [0.29, 0.717) is 0 Å². The maximum atomic E-state index is 4.72. The number of rotatable bonds is 5. The second kappa shape index (κ2) is 6.38. The Labute approximate surface area is 150 Å². The van der Waals surface area contributed by atoms with E-state index in [-0.39, 0.29) is 0 Å². The number of fused-ring (bicyclic) bond motifs is 2. The standard InChI is InChI=1S/C18H20N8/c1-2-5-17-15(4-1)21-23-26(17)9-3-8-24-10-7-20-18(24)16-12-14-13-19-6-11-25(14)22-16/h1-2,4-5,7,10,12,19H,3,6,8-9,11,13H2. The molecule has 5 rings (SSSR count). The highest BCUT2D eigenvalue weighted by molar-refractivity contribution is 5.73. The molecular weight excluding hydrogens is 328 g/mol. The van der Waals surface area contributed by atoms with Gasteiger partial charge >= 0.3 is 0 Å². The van der Waals surface area contributed by atoms with Crippen LogP contribution < -0.4 is 5.32 Å². The van der Waals surface area contributed by atoms with E-state index in [4.69, 9.17) is 5.10 Å². The van der Waals surface area contributed by atoms with E-state index in [2.05, 4.69) is 42.0 Å².